The Kier molecular flexibility index (Phi) is 5.43. The quantitative estimate of drug-likeness (QED) is 0.807. The molecule has 0 saturated carbocycles. The standard InChI is InChI=1S/C14H26N4O2S/c1-3-6-18-7-4-12(5-8-18)16-21(19,20)14-9-13(10-15)17(2)11-14/h9,11-12,16H,3-8,10,15H2,1-2H3. The number of rotatable bonds is 6. The summed E-state index contributed by atoms with van der Waals surface area (Å²) in [5.74, 6) is 0. The van der Waals surface area contributed by atoms with Crippen molar-refractivity contribution in [3.8, 4) is 0 Å². The predicted octanol–water partition coefficient (Wildman–Crippen LogP) is 0.637. The Balaban J connectivity index is 1.98. The molecule has 1 aliphatic heterocycles. The van der Waals surface area contributed by atoms with E-state index in [4.69, 9.17) is 5.73 Å². The van der Waals surface area contributed by atoms with Crippen LogP contribution >= 0.6 is 0 Å². The maximum Gasteiger partial charge on any atom is 0.242 e. The highest BCUT2D eigenvalue weighted by Gasteiger charge is 2.25. The fraction of sp³-hybridized carbons (Fsp3) is 0.714. The van der Waals surface area contributed by atoms with Crippen LogP contribution in [0.25, 0.3) is 0 Å². The van der Waals surface area contributed by atoms with Gasteiger partial charge in [0.05, 0.1) is 4.90 Å². The molecular formula is C14H26N4O2S. The van der Waals surface area contributed by atoms with Crippen molar-refractivity contribution in [3.63, 3.8) is 0 Å². The van der Waals surface area contributed by atoms with E-state index in [9.17, 15) is 8.42 Å². The summed E-state index contributed by atoms with van der Waals surface area (Å²) in [4.78, 5) is 2.70. The Morgan fingerprint density at radius 2 is 2.05 bits per heavy atom. The summed E-state index contributed by atoms with van der Waals surface area (Å²) < 4.78 is 29.4. The molecule has 21 heavy (non-hydrogen) atoms. The largest absolute Gasteiger partial charge is 0.352 e. The molecule has 7 heteroatoms. The zero-order chi connectivity index (χ0) is 15.5. The van der Waals surface area contributed by atoms with Gasteiger partial charge in [-0.05, 0) is 45.0 Å². The molecule has 1 aromatic heterocycles. The summed E-state index contributed by atoms with van der Waals surface area (Å²) in [6.45, 7) is 5.52. The number of aromatic nitrogens is 1. The normalized spacial score (nSPS) is 18.2. The van der Waals surface area contributed by atoms with Crippen LogP contribution in [0.2, 0.25) is 0 Å². The lowest BCUT2D eigenvalue weighted by atomic mass is 10.1. The molecule has 0 atom stereocenters. The summed E-state index contributed by atoms with van der Waals surface area (Å²) in [7, 11) is -1.64. The van der Waals surface area contributed by atoms with E-state index in [2.05, 4.69) is 16.5 Å². The zero-order valence-corrected chi connectivity index (χ0v) is 13.7. The van der Waals surface area contributed by atoms with Crippen LogP contribution in [0.5, 0.6) is 0 Å². The van der Waals surface area contributed by atoms with Crippen molar-refractivity contribution in [1.29, 1.82) is 0 Å². The molecule has 0 radical (unpaired) electrons. The number of hydrogen-bond donors (Lipinski definition) is 2. The SMILES string of the molecule is CCCN1CCC(NS(=O)(=O)c2cc(CN)n(C)c2)CC1. The lowest BCUT2D eigenvalue weighted by Crippen LogP contribution is -2.44. The minimum atomic E-state index is -3.45. The zero-order valence-electron chi connectivity index (χ0n) is 12.9. The average Bonchev–Trinajstić information content (AvgIpc) is 2.83. The molecule has 3 N–H and O–H groups in total. The Morgan fingerprint density at radius 1 is 1.38 bits per heavy atom. The van der Waals surface area contributed by atoms with Gasteiger partial charge in [-0.2, -0.15) is 0 Å². The molecule has 0 unspecified atom stereocenters. The molecule has 2 heterocycles. The lowest BCUT2D eigenvalue weighted by Gasteiger charge is -2.31. The third-order valence-electron chi connectivity index (χ3n) is 4.05. The molecule has 1 fully saturated rings. The van der Waals surface area contributed by atoms with Crippen LogP contribution in [-0.2, 0) is 23.6 Å². The first-order valence-electron chi connectivity index (χ1n) is 7.56. The van der Waals surface area contributed by atoms with Crippen molar-refractivity contribution in [2.75, 3.05) is 19.6 Å². The Labute approximate surface area is 127 Å². The van der Waals surface area contributed by atoms with Gasteiger partial charge in [0.25, 0.3) is 0 Å². The van der Waals surface area contributed by atoms with Gasteiger partial charge in [-0.3, -0.25) is 0 Å². The van der Waals surface area contributed by atoms with E-state index >= 15 is 0 Å². The van der Waals surface area contributed by atoms with E-state index in [-0.39, 0.29) is 6.04 Å². The molecule has 0 spiro atoms. The molecular weight excluding hydrogens is 288 g/mol. The summed E-state index contributed by atoms with van der Waals surface area (Å²) in [5.41, 5.74) is 6.41. The third kappa shape index (κ3) is 4.06. The first-order valence-corrected chi connectivity index (χ1v) is 9.04. The van der Waals surface area contributed by atoms with Gasteiger partial charge >= 0.3 is 0 Å². The fourth-order valence-electron chi connectivity index (χ4n) is 2.81. The van der Waals surface area contributed by atoms with Gasteiger partial charge in [0.1, 0.15) is 0 Å². The summed E-state index contributed by atoms with van der Waals surface area (Å²) >= 11 is 0. The van der Waals surface area contributed by atoms with E-state index < -0.39 is 10.0 Å². The van der Waals surface area contributed by atoms with E-state index in [1.54, 1.807) is 16.8 Å². The van der Waals surface area contributed by atoms with Crippen molar-refractivity contribution in [1.82, 2.24) is 14.2 Å². The molecule has 1 saturated heterocycles. The van der Waals surface area contributed by atoms with Crippen LogP contribution in [-0.4, -0.2) is 43.6 Å². The second-order valence-corrected chi connectivity index (χ2v) is 7.43. The Bertz CT molecular complexity index is 560. The molecule has 0 aliphatic carbocycles. The maximum absolute atomic E-state index is 12.4. The number of aryl methyl sites for hydroxylation is 1. The van der Waals surface area contributed by atoms with Crippen LogP contribution in [0.3, 0.4) is 0 Å². The van der Waals surface area contributed by atoms with E-state index in [0.29, 0.717) is 11.4 Å². The van der Waals surface area contributed by atoms with Gasteiger partial charge in [-0.1, -0.05) is 6.92 Å². The Morgan fingerprint density at radius 3 is 2.57 bits per heavy atom. The minimum Gasteiger partial charge on any atom is -0.352 e. The topological polar surface area (TPSA) is 80.4 Å². The number of nitrogens with one attached hydrogen (secondary N) is 1. The van der Waals surface area contributed by atoms with Crippen LogP contribution in [0.15, 0.2) is 17.2 Å². The molecule has 0 bridgehead atoms. The lowest BCUT2D eigenvalue weighted by molar-refractivity contribution is 0.208. The number of nitrogens with zero attached hydrogens (tertiary/aromatic N) is 2. The summed E-state index contributed by atoms with van der Waals surface area (Å²) in [6.07, 6.45) is 4.50. The highest BCUT2D eigenvalue weighted by atomic mass is 32.2. The number of likely N-dealkylation sites (tertiary alicyclic amines) is 1. The van der Waals surface area contributed by atoms with Gasteiger partial charge in [-0.15, -0.1) is 0 Å². The van der Waals surface area contributed by atoms with E-state index in [1.165, 1.54) is 0 Å². The first kappa shape index (κ1) is 16.5. The number of piperidine rings is 1. The number of sulfonamides is 1. The average molecular weight is 314 g/mol. The smallest absolute Gasteiger partial charge is 0.242 e. The van der Waals surface area contributed by atoms with E-state index in [1.807, 2.05) is 7.05 Å². The number of nitrogens with two attached hydrogens (primary N) is 1. The van der Waals surface area contributed by atoms with Gasteiger partial charge in [0.2, 0.25) is 10.0 Å². The van der Waals surface area contributed by atoms with Gasteiger partial charge in [0.15, 0.2) is 0 Å². The third-order valence-corrected chi connectivity index (χ3v) is 5.54. The van der Waals surface area contributed by atoms with Gasteiger partial charge in [0, 0.05) is 31.5 Å². The molecule has 6 nitrogen and oxygen atoms in total. The molecule has 2 rings (SSSR count). The van der Waals surface area contributed by atoms with Gasteiger partial charge < -0.3 is 15.2 Å². The van der Waals surface area contributed by atoms with E-state index in [0.717, 1.165) is 44.6 Å². The predicted molar refractivity (Wildman–Crippen MR) is 83.4 cm³/mol. The highest BCUT2D eigenvalue weighted by Crippen LogP contribution is 2.17. The number of hydrogen-bond acceptors (Lipinski definition) is 4. The van der Waals surface area contributed by atoms with Crippen LogP contribution in [0.1, 0.15) is 31.9 Å². The van der Waals surface area contributed by atoms with Gasteiger partial charge in [-0.25, -0.2) is 13.1 Å². The van der Waals surface area contributed by atoms with Crippen molar-refractivity contribution in [2.45, 2.75) is 43.7 Å². The first-order chi connectivity index (χ1) is 9.96. The monoisotopic (exact) mass is 314 g/mol. The van der Waals surface area contributed by atoms with Crippen molar-refractivity contribution in [3.05, 3.63) is 18.0 Å². The van der Waals surface area contributed by atoms with Crippen molar-refractivity contribution >= 4 is 10.0 Å². The second-order valence-electron chi connectivity index (χ2n) is 5.72. The van der Waals surface area contributed by atoms with Crippen molar-refractivity contribution in [2.24, 2.45) is 12.8 Å². The maximum atomic E-state index is 12.4. The molecule has 1 aliphatic rings. The Hall–Kier alpha value is -0.890. The highest BCUT2D eigenvalue weighted by molar-refractivity contribution is 7.89. The minimum absolute atomic E-state index is 0.0321. The molecule has 120 valence electrons. The van der Waals surface area contributed by atoms with Crippen LogP contribution in [0.4, 0.5) is 0 Å². The van der Waals surface area contributed by atoms with Crippen LogP contribution in [0, 0.1) is 0 Å². The van der Waals surface area contributed by atoms with Crippen LogP contribution < -0.4 is 10.5 Å². The molecule has 0 amide bonds. The molecule has 1 aromatic rings. The van der Waals surface area contributed by atoms with Crippen molar-refractivity contribution < 1.29 is 8.42 Å². The summed E-state index contributed by atoms with van der Waals surface area (Å²) in [5, 5.41) is 0. The fourth-order valence-corrected chi connectivity index (χ4v) is 4.20. The summed E-state index contributed by atoms with van der Waals surface area (Å²) in [6, 6.07) is 1.68. The second kappa shape index (κ2) is 6.91. The molecule has 0 aromatic carbocycles.